The molecule has 0 atom stereocenters. The molecule has 0 unspecified atom stereocenters. The van der Waals surface area contributed by atoms with E-state index in [1.807, 2.05) is 19.1 Å². The minimum atomic E-state index is -1.13. The molecule has 136 valence electrons. The van der Waals surface area contributed by atoms with Crippen LogP contribution in [0.5, 0.6) is 0 Å². The zero-order valence-corrected chi connectivity index (χ0v) is 17.0. The zero-order chi connectivity index (χ0) is 18.8. The van der Waals surface area contributed by atoms with Gasteiger partial charge in [0.2, 0.25) is 0 Å². The highest BCUT2D eigenvalue weighted by Crippen LogP contribution is 2.34. The molecular weight excluding hydrogens is 463 g/mol. The summed E-state index contributed by atoms with van der Waals surface area (Å²) in [6, 6.07) is 8.17. The second-order valence-corrected chi connectivity index (χ2v) is 7.97. The van der Waals surface area contributed by atoms with Crippen LogP contribution in [0.4, 0.5) is 20.2 Å². The molecule has 0 aliphatic carbocycles. The van der Waals surface area contributed by atoms with Crippen LogP contribution < -0.4 is 5.06 Å². The van der Waals surface area contributed by atoms with Gasteiger partial charge in [-0.2, -0.15) is 0 Å². The van der Waals surface area contributed by atoms with Crippen LogP contribution in [0.15, 0.2) is 30.3 Å². The SMILES string of the molecule is Cc1cc(I)ccc1N(OCCC(C)(C)O)c1ccc(Cl)c(F)c1F. The molecule has 2 aromatic carbocycles. The Hall–Kier alpha value is -0.960. The van der Waals surface area contributed by atoms with Crippen molar-refractivity contribution in [2.45, 2.75) is 32.8 Å². The van der Waals surface area contributed by atoms with Crippen molar-refractivity contribution in [1.82, 2.24) is 0 Å². The van der Waals surface area contributed by atoms with Crippen LogP contribution in [-0.2, 0) is 4.84 Å². The van der Waals surface area contributed by atoms with Crippen LogP contribution in [-0.4, -0.2) is 17.3 Å². The van der Waals surface area contributed by atoms with Crippen LogP contribution in [0.25, 0.3) is 0 Å². The van der Waals surface area contributed by atoms with Crippen LogP contribution >= 0.6 is 34.2 Å². The van der Waals surface area contributed by atoms with Gasteiger partial charge in [-0.15, -0.1) is 0 Å². The molecule has 1 N–H and O–H groups in total. The lowest BCUT2D eigenvalue weighted by atomic mass is 10.1. The first-order valence-corrected chi connectivity index (χ1v) is 9.11. The molecule has 25 heavy (non-hydrogen) atoms. The van der Waals surface area contributed by atoms with Crippen molar-refractivity contribution in [3.05, 3.63) is 56.1 Å². The molecule has 0 amide bonds. The molecule has 0 saturated heterocycles. The molecular formula is C18H19ClF2INO2. The smallest absolute Gasteiger partial charge is 0.186 e. The van der Waals surface area contributed by atoms with E-state index in [4.69, 9.17) is 16.4 Å². The Morgan fingerprint density at radius 2 is 1.80 bits per heavy atom. The van der Waals surface area contributed by atoms with Gasteiger partial charge in [0, 0.05) is 9.99 Å². The molecule has 0 radical (unpaired) electrons. The standard InChI is InChI=1S/C18H19ClF2INO2/c1-11-10-12(22)4-6-14(11)23(25-9-8-18(2,3)24)15-7-5-13(19)16(20)17(15)21/h4-7,10,24H,8-9H2,1-3H3. The number of rotatable bonds is 6. The van der Waals surface area contributed by atoms with E-state index in [9.17, 15) is 13.9 Å². The fourth-order valence-corrected chi connectivity index (χ4v) is 2.97. The number of benzene rings is 2. The number of aliphatic hydroxyl groups is 1. The van der Waals surface area contributed by atoms with Crippen molar-refractivity contribution < 1.29 is 18.7 Å². The Labute approximate surface area is 164 Å². The highest BCUT2D eigenvalue weighted by Gasteiger charge is 2.22. The predicted octanol–water partition coefficient (Wildman–Crippen LogP) is 5.76. The molecule has 2 rings (SSSR count). The highest BCUT2D eigenvalue weighted by molar-refractivity contribution is 14.1. The van der Waals surface area contributed by atoms with E-state index in [1.165, 1.54) is 17.2 Å². The summed E-state index contributed by atoms with van der Waals surface area (Å²) in [5, 5.41) is 10.8. The second kappa shape index (κ2) is 8.16. The molecule has 2 aromatic rings. The van der Waals surface area contributed by atoms with Gasteiger partial charge in [0.25, 0.3) is 0 Å². The van der Waals surface area contributed by atoms with Crippen molar-refractivity contribution >= 4 is 45.6 Å². The number of halogens is 4. The summed E-state index contributed by atoms with van der Waals surface area (Å²) in [6.07, 6.45) is 0.324. The van der Waals surface area contributed by atoms with E-state index in [0.717, 1.165) is 9.13 Å². The van der Waals surface area contributed by atoms with E-state index in [0.29, 0.717) is 12.1 Å². The number of anilines is 2. The highest BCUT2D eigenvalue weighted by atomic mass is 127. The summed E-state index contributed by atoms with van der Waals surface area (Å²) >= 11 is 7.82. The Morgan fingerprint density at radius 1 is 1.16 bits per heavy atom. The van der Waals surface area contributed by atoms with E-state index in [-0.39, 0.29) is 17.3 Å². The van der Waals surface area contributed by atoms with Gasteiger partial charge in [-0.05, 0) is 79.3 Å². The van der Waals surface area contributed by atoms with Gasteiger partial charge < -0.3 is 5.11 Å². The van der Waals surface area contributed by atoms with Gasteiger partial charge in [-0.3, -0.25) is 4.84 Å². The molecule has 0 bridgehead atoms. The van der Waals surface area contributed by atoms with E-state index in [2.05, 4.69) is 22.6 Å². The largest absolute Gasteiger partial charge is 0.390 e. The molecule has 0 saturated carbocycles. The average molecular weight is 482 g/mol. The maximum atomic E-state index is 14.4. The van der Waals surface area contributed by atoms with Gasteiger partial charge in [-0.1, -0.05) is 11.6 Å². The molecule has 0 aliphatic rings. The van der Waals surface area contributed by atoms with Crippen molar-refractivity contribution in [3.63, 3.8) is 0 Å². The fourth-order valence-electron chi connectivity index (χ4n) is 2.17. The van der Waals surface area contributed by atoms with E-state index >= 15 is 0 Å². The first kappa shape index (κ1) is 20.4. The van der Waals surface area contributed by atoms with Gasteiger partial charge >= 0.3 is 0 Å². The van der Waals surface area contributed by atoms with Gasteiger partial charge in [0.05, 0.1) is 22.9 Å². The first-order chi connectivity index (χ1) is 11.6. The van der Waals surface area contributed by atoms with Gasteiger partial charge in [0.1, 0.15) is 5.69 Å². The number of hydrogen-bond acceptors (Lipinski definition) is 3. The fraction of sp³-hybridized carbons (Fsp3) is 0.333. The third-order valence-corrected chi connectivity index (χ3v) is 4.51. The molecule has 7 heteroatoms. The van der Waals surface area contributed by atoms with Crippen LogP contribution in [0.3, 0.4) is 0 Å². The average Bonchev–Trinajstić information content (AvgIpc) is 2.50. The first-order valence-electron chi connectivity index (χ1n) is 7.65. The molecule has 0 spiro atoms. The van der Waals surface area contributed by atoms with Crippen molar-refractivity contribution in [3.8, 4) is 0 Å². The Kier molecular flexibility index (Phi) is 6.64. The molecule has 0 aliphatic heterocycles. The monoisotopic (exact) mass is 481 g/mol. The van der Waals surface area contributed by atoms with Crippen molar-refractivity contribution in [1.29, 1.82) is 0 Å². The summed E-state index contributed by atoms with van der Waals surface area (Å²) < 4.78 is 29.4. The lowest BCUT2D eigenvalue weighted by molar-refractivity contribution is 0.0279. The zero-order valence-electron chi connectivity index (χ0n) is 14.1. The topological polar surface area (TPSA) is 32.7 Å². The summed E-state index contributed by atoms with van der Waals surface area (Å²) in [5.41, 5.74) is 0.403. The summed E-state index contributed by atoms with van der Waals surface area (Å²) in [6.45, 7) is 5.28. The summed E-state index contributed by atoms with van der Waals surface area (Å²) in [5.74, 6) is -2.22. The Balaban J connectivity index is 2.44. The molecule has 0 fully saturated rings. The van der Waals surface area contributed by atoms with Crippen LogP contribution in [0.1, 0.15) is 25.8 Å². The van der Waals surface area contributed by atoms with Crippen LogP contribution in [0.2, 0.25) is 5.02 Å². The number of hydrogen-bond donors (Lipinski definition) is 1. The number of aryl methyl sites for hydroxylation is 1. The second-order valence-electron chi connectivity index (χ2n) is 6.32. The maximum absolute atomic E-state index is 14.4. The summed E-state index contributed by atoms with van der Waals surface area (Å²) in [7, 11) is 0. The van der Waals surface area contributed by atoms with Crippen molar-refractivity contribution in [2.24, 2.45) is 0 Å². The van der Waals surface area contributed by atoms with Crippen LogP contribution in [0, 0.1) is 22.1 Å². The molecule has 0 heterocycles. The summed E-state index contributed by atoms with van der Waals surface area (Å²) in [4.78, 5) is 5.71. The Bertz CT molecular complexity index is 765. The normalized spacial score (nSPS) is 11.7. The minimum Gasteiger partial charge on any atom is -0.390 e. The lowest BCUT2D eigenvalue weighted by Crippen LogP contribution is -2.26. The predicted molar refractivity (Wildman–Crippen MR) is 104 cm³/mol. The number of nitrogens with zero attached hydrogens (tertiary/aromatic N) is 1. The third-order valence-electron chi connectivity index (χ3n) is 3.55. The molecule has 3 nitrogen and oxygen atoms in total. The third kappa shape index (κ3) is 5.26. The van der Waals surface area contributed by atoms with Gasteiger partial charge in [-0.25, -0.2) is 13.8 Å². The molecule has 0 aromatic heterocycles. The van der Waals surface area contributed by atoms with E-state index in [1.54, 1.807) is 19.9 Å². The van der Waals surface area contributed by atoms with Crippen molar-refractivity contribution in [2.75, 3.05) is 11.7 Å². The van der Waals surface area contributed by atoms with E-state index < -0.39 is 17.2 Å². The Morgan fingerprint density at radius 3 is 2.40 bits per heavy atom. The van der Waals surface area contributed by atoms with Gasteiger partial charge in [0.15, 0.2) is 11.6 Å². The minimum absolute atomic E-state index is 0.0815. The lowest BCUT2D eigenvalue weighted by Gasteiger charge is -2.27. The maximum Gasteiger partial charge on any atom is 0.186 e. The quantitative estimate of drug-likeness (QED) is 0.323.